The van der Waals surface area contributed by atoms with E-state index in [0.29, 0.717) is 6.42 Å². The van der Waals surface area contributed by atoms with Gasteiger partial charge in [0.15, 0.2) is 0 Å². The lowest BCUT2D eigenvalue weighted by atomic mass is 9.99. The third kappa shape index (κ3) is 5.37. The van der Waals surface area contributed by atoms with Crippen LogP contribution in [0.15, 0.2) is 17.0 Å². The summed E-state index contributed by atoms with van der Waals surface area (Å²) < 4.78 is 27.2. The number of nitrogens with zero attached hydrogens (tertiary/aromatic N) is 2. The first kappa shape index (κ1) is 20.1. The lowest BCUT2D eigenvalue weighted by Crippen LogP contribution is -2.35. The fourth-order valence-corrected chi connectivity index (χ4v) is 4.26. The summed E-state index contributed by atoms with van der Waals surface area (Å²) in [6.45, 7) is 6.96. The van der Waals surface area contributed by atoms with E-state index in [9.17, 15) is 18.5 Å². The van der Waals surface area contributed by atoms with E-state index in [-0.39, 0.29) is 27.7 Å². The average molecular weight is 390 g/mol. The van der Waals surface area contributed by atoms with E-state index in [2.05, 4.69) is 16.5 Å². The predicted molar refractivity (Wildman–Crippen MR) is 97.5 cm³/mol. The molecule has 2 rings (SSSR count). The highest BCUT2D eigenvalue weighted by molar-refractivity contribution is 7.89. The molecule has 1 saturated heterocycles. The molecule has 7 nitrogen and oxygen atoms in total. The second-order valence-corrected chi connectivity index (χ2v) is 8.76. The summed E-state index contributed by atoms with van der Waals surface area (Å²) in [6.07, 6.45) is 3.05. The summed E-state index contributed by atoms with van der Waals surface area (Å²) in [6, 6.07) is 2.30. The fraction of sp³-hybridized carbons (Fsp3) is 0.625. The summed E-state index contributed by atoms with van der Waals surface area (Å²) in [7, 11) is -3.82. The van der Waals surface area contributed by atoms with Gasteiger partial charge in [-0.15, -0.1) is 0 Å². The number of hydrogen-bond donors (Lipinski definition) is 1. The molecule has 140 valence electrons. The molecule has 0 atom stereocenters. The molecule has 1 fully saturated rings. The predicted octanol–water partition coefficient (Wildman–Crippen LogP) is 2.96. The molecule has 9 heteroatoms. The van der Waals surface area contributed by atoms with E-state index < -0.39 is 14.9 Å². The highest BCUT2D eigenvalue weighted by Gasteiger charge is 2.22. The molecule has 0 saturated carbocycles. The first-order valence-electron chi connectivity index (χ1n) is 8.37. The van der Waals surface area contributed by atoms with Crippen molar-refractivity contribution >= 4 is 27.3 Å². The zero-order chi connectivity index (χ0) is 18.6. The Kier molecular flexibility index (Phi) is 6.79. The average Bonchev–Trinajstić information content (AvgIpc) is 2.55. The van der Waals surface area contributed by atoms with Gasteiger partial charge in [0, 0.05) is 18.2 Å². The lowest BCUT2D eigenvalue weighted by Gasteiger charge is -2.30. The first-order valence-corrected chi connectivity index (χ1v) is 10.2. The van der Waals surface area contributed by atoms with Crippen LogP contribution in [-0.4, -0.2) is 44.4 Å². The molecule has 0 unspecified atom stereocenters. The number of rotatable bonds is 7. The minimum absolute atomic E-state index is 0.0667. The molecule has 1 aliphatic rings. The first-order chi connectivity index (χ1) is 11.7. The van der Waals surface area contributed by atoms with Crippen molar-refractivity contribution in [3.63, 3.8) is 0 Å². The molecule has 0 bridgehead atoms. The van der Waals surface area contributed by atoms with Crippen molar-refractivity contribution in [2.45, 2.75) is 38.0 Å². The summed E-state index contributed by atoms with van der Waals surface area (Å²) >= 11 is 5.94. The van der Waals surface area contributed by atoms with Gasteiger partial charge in [0.25, 0.3) is 5.69 Å². The van der Waals surface area contributed by atoms with Crippen LogP contribution in [0.1, 0.15) is 31.7 Å². The smallest absolute Gasteiger partial charge is 0.275 e. The molecule has 0 radical (unpaired) electrons. The number of likely N-dealkylation sites (tertiary alicyclic amines) is 1. The lowest BCUT2D eigenvalue weighted by molar-refractivity contribution is -0.385. The van der Waals surface area contributed by atoms with E-state index in [1.54, 1.807) is 0 Å². The number of nitro groups is 1. The highest BCUT2D eigenvalue weighted by Crippen LogP contribution is 2.29. The Bertz CT molecular complexity index is 731. The van der Waals surface area contributed by atoms with Gasteiger partial charge in [-0.3, -0.25) is 10.1 Å². The van der Waals surface area contributed by atoms with Crippen molar-refractivity contribution < 1.29 is 13.3 Å². The van der Waals surface area contributed by atoms with Crippen molar-refractivity contribution in [3.8, 4) is 0 Å². The number of benzene rings is 1. The van der Waals surface area contributed by atoms with Gasteiger partial charge in [0.1, 0.15) is 0 Å². The van der Waals surface area contributed by atoms with E-state index >= 15 is 0 Å². The number of piperidine rings is 1. The largest absolute Gasteiger partial charge is 0.303 e. The molecular formula is C16H24ClN3O4S. The van der Waals surface area contributed by atoms with Crippen LogP contribution in [0.2, 0.25) is 5.02 Å². The van der Waals surface area contributed by atoms with Crippen LogP contribution in [0.25, 0.3) is 0 Å². The second kappa shape index (κ2) is 8.44. The summed E-state index contributed by atoms with van der Waals surface area (Å²) in [5.74, 6) is 0.761. The Labute approximate surface area is 153 Å². The molecule has 1 aromatic rings. The second-order valence-electron chi connectivity index (χ2n) is 6.58. The third-order valence-electron chi connectivity index (χ3n) is 4.62. The number of nitro benzene ring substituents is 1. The van der Waals surface area contributed by atoms with Crippen LogP contribution in [0.5, 0.6) is 0 Å². The minimum atomic E-state index is -3.82. The van der Waals surface area contributed by atoms with E-state index in [4.69, 9.17) is 11.6 Å². The van der Waals surface area contributed by atoms with Crippen LogP contribution in [0.4, 0.5) is 5.69 Å². The maximum absolute atomic E-state index is 12.4. The van der Waals surface area contributed by atoms with Crippen molar-refractivity contribution in [3.05, 3.63) is 32.8 Å². The molecule has 0 amide bonds. The zero-order valence-corrected chi connectivity index (χ0v) is 16.1. The van der Waals surface area contributed by atoms with Gasteiger partial charge in [-0.25, -0.2) is 13.1 Å². The maximum atomic E-state index is 12.4. The SMILES string of the molecule is Cc1c(Cl)cc(S(=O)(=O)NCCCN2CCC(C)CC2)cc1[N+](=O)[O-]. The Balaban J connectivity index is 1.94. The van der Waals surface area contributed by atoms with Crippen LogP contribution in [0.3, 0.4) is 0 Å². The van der Waals surface area contributed by atoms with Crippen LogP contribution in [-0.2, 0) is 10.0 Å². The van der Waals surface area contributed by atoms with Crippen molar-refractivity contribution in [2.75, 3.05) is 26.2 Å². The van der Waals surface area contributed by atoms with Gasteiger partial charge in [0.2, 0.25) is 10.0 Å². The monoisotopic (exact) mass is 389 g/mol. The molecule has 0 aliphatic carbocycles. The van der Waals surface area contributed by atoms with Crippen LogP contribution < -0.4 is 4.72 Å². The summed E-state index contributed by atoms with van der Waals surface area (Å²) in [5.41, 5.74) is -0.0414. The molecule has 1 heterocycles. The van der Waals surface area contributed by atoms with Gasteiger partial charge < -0.3 is 4.90 Å². The van der Waals surface area contributed by atoms with Gasteiger partial charge in [-0.1, -0.05) is 18.5 Å². The quantitative estimate of drug-likeness (QED) is 0.439. The zero-order valence-electron chi connectivity index (χ0n) is 14.5. The van der Waals surface area contributed by atoms with E-state index in [1.807, 2.05) is 0 Å². The van der Waals surface area contributed by atoms with Crippen molar-refractivity contribution in [2.24, 2.45) is 5.92 Å². The third-order valence-corrected chi connectivity index (χ3v) is 6.45. The summed E-state index contributed by atoms with van der Waals surface area (Å²) in [5, 5.41) is 11.1. The topological polar surface area (TPSA) is 92.6 Å². The molecule has 1 aliphatic heterocycles. The number of sulfonamides is 1. The van der Waals surface area contributed by atoms with E-state index in [1.165, 1.54) is 25.8 Å². The normalized spacial score (nSPS) is 16.9. The Morgan fingerprint density at radius 1 is 1.36 bits per heavy atom. The van der Waals surface area contributed by atoms with Crippen molar-refractivity contribution in [1.29, 1.82) is 0 Å². The molecule has 0 aromatic heterocycles. The Morgan fingerprint density at radius 3 is 2.60 bits per heavy atom. The fourth-order valence-electron chi connectivity index (χ4n) is 2.86. The molecule has 0 spiro atoms. The molecular weight excluding hydrogens is 366 g/mol. The van der Waals surface area contributed by atoms with Gasteiger partial charge in [-0.05, 0) is 57.8 Å². The van der Waals surface area contributed by atoms with E-state index in [0.717, 1.165) is 31.6 Å². The van der Waals surface area contributed by atoms with Gasteiger partial charge >= 0.3 is 0 Å². The summed E-state index contributed by atoms with van der Waals surface area (Å²) in [4.78, 5) is 12.6. The van der Waals surface area contributed by atoms with Crippen LogP contribution >= 0.6 is 11.6 Å². The Hall–Kier alpha value is -1.22. The highest BCUT2D eigenvalue weighted by atomic mass is 35.5. The number of halogens is 1. The number of nitrogens with one attached hydrogen (secondary N) is 1. The van der Waals surface area contributed by atoms with Crippen molar-refractivity contribution in [1.82, 2.24) is 9.62 Å². The standard InChI is InChI=1S/C16H24ClN3O4S/c1-12-4-8-19(9-5-12)7-3-6-18-25(23,24)14-10-15(17)13(2)16(11-14)20(21)22/h10-12,18H,3-9H2,1-2H3. The van der Waals surface area contributed by atoms with Gasteiger partial charge in [0.05, 0.1) is 14.8 Å². The van der Waals surface area contributed by atoms with Gasteiger partial charge in [-0.2, -0.15) is 0 Å². The molecule has 1 N–H and O–H groups in total. The minimum Gasteiger partial charge on any atom is -0.303 e. The maximum Gasteiger partial charge on any atom is 0.275 e. The Morgan fingerprint density at radius 2 is 2.00 bits per heavy atom. The molecule has 1 aromatic carbocycles. The number of hydrogen-bond acceptors (Lipinski definition) is 5. The van der Waals surface area contributed by atoms with Crippen LogP contribution in [0, 0.1) is 23.0 Å². The molecule has 25 heavy (non-hydrogen) atoms.